The summed E-state index contributed by atoms with van der Waals surface area (Å²) in [7, 11) is 0. The number of halogens is 1. The van der Waals surface area contributed by atoms with Gasteiger partial charge in [0.15, 0.2) is 0 Å². The van der Waals surface area contributed by atoms with Crippen LogP contribution in [-0.2, 0) is 0 Å². The molecule has 0 spiro atoms. The Bertz CT molecular complexity index is 663. The van der Waals surface area contributed by atoms with E-state index in [1.165, 1.54) is 0 Å². The summed E-state index contributed by atoms with van der Waals surface area (Å²) < 4.78 is 0. The van der Waals surface area contributed by atoms with Crippen LogP contribution in [0.25, 0.3) is 0 Å². The maximum Gasteiger partial charge on any atom is 0.271 e. The molecule has 22 heavy (non-hydrogen) atoms. The van der Waals surface area contributed by atoms with Crippen LogP contribution in [0.4, 0.5) is 5.69 Å². The molecule has 0 heterocycles. The summed E-state index contributed by atoms with van der Waals surface area (Å²) in [5, 5.41) is 4.93. The number of anilines is 1. The third-order valence-electron chi connectivity index (χ3n) is 3.13. The highest BCUT2D eigenvalue weighted by Gasteiger charge is 2.07. The zero-order valence-electron chi connectivity index (χ0n) is 12.3. The molecule has 0 aliphatic rings. The lowest BCUT2D eigenvalue weighted by atomic mass is 10.1. The first-order valence-corrected chi connectivity index (χ1v) is 7.46. The summed E-state index contributed by atoms with van der Waals surface area (Å²) >= 11 is 5.89. The molecular weight excluding hydrogens is 298 g/mol. The highest BCUT2D eigenvalue weighted by Crippen LogP contribution is 2.12. The largest absolute Gasteiger partial charge is 0.399 e. The van der Waals surface area contributed by atoms with Gasteiger partial charge in [-0.2, -0.15) is 5.10 Å². The second-order valence-electron chi connectivity index (χ2n) is 4.88. The summed E-state index contributed by atoms with van der Waals surface area (Å²) in [6.07, 6.45) is 1.70. The molecule has 5 heteroatoms. The number of hydrazone groups is 1. The van der Waals surface area contributed by atoms with Gasteiger partial charge in [-0.3, -0.25) is 4.79 Å². The average molecular weight is 316 g/mol. The van der Waals surface area contributed by atoms with Gasteiger partial charge in [0.05, 0.1) is 5.71 Å². The molecule has 0 radical (unpaired) electrons. The highest BCUT2D eigenvalue weighted by atomic mass is 35.5. The third kappa shape index (κ3) is 4.33. The van der Waals surface area contributed by atoms with Crippen molar-refractivity contribution >= 4 is 28.9 Å². The molecule has 4 nitrogen and oxygen atoms in total. The zero-order chi connectivity index (χ0) is 15.9. The van der Waals surface area contributed by atoms with E-state index in [1.807, 2.05) is 24.3 Å². The van der Waals surface area contributed by atoms with Gasteiger partial charge in [-0.1, -0.05) is 37.1 Å². The van der Waals surface area contributed by atoms with Crippen molar-refractivity contribution in [1.82, 2.24) is 5.43 Å². The fourth-order valence-electron chi connectivity index (χ4n) is 1.96. The van der Waals surface area contributed by atoms with Crippen molar-refractivity contribution in [3.63, 3.8) is 0 Å². The van der Waals surface area contributed by atoms with E-state index in [4.69, 9.17) is 17.3 Å². The molecule has 0 fully saturated rings. The fourth-order valence-corrected chi connectivity index (χ4v) is 2.09. The second kappa shape index (κ2) is 7.61. The monoisotopic (exact) mass is 315 g/mol. The van der Waals surface area contributed by atoms with Gasteiger partial charge in [0.25, 0.3) is 5.91 Å². The normalized spacial score (nSPS) is 11.3. The molecule has 0 aliphatic carbocycles. The number of rotatable bonds is 5. The van der Waals surface area contributed by atoms with E-state index in [0.29, 0.717) is 16.3 Å². The molecule has 0 bridgehead atoms. The maximum atomic E-state index is 12.1. The van der Waals surface area contributed by atoms with Gasteiger partial charge in [-0.05, 0) is 48.4 Å². The van der Waals surface area contributed by atoms with Crippen LogP contribution < -0.4 is 11.2 Å². The van der Waals surface area contributed by atoms with E-state index in [0.717, 1.165) is 24.1 Å². The van der Waals surface area contributed by atoms with Crippen molar-refractivity contribution < 1.29 is 4.79 Å². The fraction of sp³-hybridized carbons (Fsp3) is 0.176. The van der Waals surface area contributed by atoms with Crippen molar-refractivity contribution in [2.75, 3.05) is 5.73 Å². The third-order valence-corrected chi connectivity index (χ3v) is 3.38. The van der Waals surface area contributed by atoms with Crippen LogP contribution in [0.5, 0.6) is 0 Å². The second-order valence-corrected chi connectivity index (χ2v) is 5.31. The summed E-state index contributed by atoms with van der Waals surface area (Å²) in [5.74, 6) is -0.262. The first kappa shape index (κ1) is 16.0. The Morgan fingerprint density at radius 1 is 1.09 bits per heavy atom. The molecule has 2 aromatic carbocycles. The lowest BCUT2D eigenvalue weighted by Gasteiger charge is -2.07. The number of hydrogen-bond acceptors (Lipinski definition) is 3. The number of carbonyl (C=O) groups is 1. The topological polar surface area (TPSA) is 67.5 Å². The van der Waals surface area contributed by atoms with Crippen molar-refractivity contribution in [2.24, 2.45) is 5.10 Å². The predicted octanol–water partition coefficient (Wildman–Crippen LogP) is 3.86. The predicted molar refractivity (Wildman–Crippen MR) is 91.2 cm³/mol. The van der Waals surface area contributed by atoms with Crippen LogP contribution in [-0.4, -0.2) is 11.6 Å². The van der Waals surface area contributed by atoms with Crippen molar-refractivity contribution in [2.45, 2.75) is 19.8 Å². The van der Waals surface area contributed by atoms with Crippen LogP contribution in [0.2, 0.25) is 5.02 Å². The lowest BCUT2D eigenvalue weighted by Crippen LogP contribution is -2.20. The number of hydrogen-bond donors (Lipinski definition) is 2. The summed E-state index contributed by atoms with van der Waals surface area (Å²) in [6, 6.07) is 14.1. The smallest absolute Gasteiger partial charge is 0.271 e. The van der Waals surface area contributed by atoms with Gasteiger partial charge in [0.2, 0.25) is 0 Å². The molecule has 2 rings (SSSR count). The van der Waals surface area contributed by atoms with E-state index in [1.54, 1.807) is 24.3 Å². The number of nitrogen functional groups attached to an aromatic ring is 1. The van der Waals surface area contributed by atoms with Gasteiger partial charge in [-0.15, -0.1) is 0 Å². The Morgan fingerprint density at radius 2 is 1.68 bits per heavy atom. The minimum atomic E-state index is -0.262. The van der Waals surface area contributed by atoms with Crippen LogP contribution in [0, 0.1) is 0 Å². The molecule has 0 saturated carbocycles. The van der Waals surface area contributed by atoms with Crippen molar-refractivity contribution in [3.8, 4) is 0 Å². The Balaban J connectivity index is 2.14. The first-order valence-electron chi connectivity index (χ1n) is 7.08. The number of amides is 1. The molecule has 114 valence electrons. The summed E-state index contributed by atoms with van der Waals surface area (Å²) in [6.45, 7) is 2.06. The van der Waals surface area contributed by atoms with Gasteiger partial charge >= 0.3 is 0 Å². The van der Waals surface area contributed by atoms with E-state index in [9.17, 15) is 4.79 Å². The summed E-state index contributed by atoms with van der Waals surface area (Å²) in [4.78, 5) is 12.1. The molecule has 0 aromatic heterocycles. The number of nitrogens with one attached hydrogen (secondary N) is 1. The van der Waals surface area contributed by atoms with Gasteiger partial charge in [-0.25, -0.2) is 5.43 Å². The van der Waals surface area contributed by atoms with Gasteiger partial charge in [0, 0.05) is 16.3 Å². The van der Waals surface area contributed by atoms with Crippen molar-refractivity contribution in [1.29, 1.82) is 0 Å². The van der Waals surface area contributed by atoms with E-state index in [2.05, 4.69) is 17.5 Å². The average Bonchev–Trinajstić information content (AvgIpc) is 2.53. The molecule has 0 unspecified atom stereocenters. The Labute approximate surface area is 135 Å². The zero-order valence-corrected chi connectivity index (χ0v) is 13.1. The van der Waals surface area contributed by atoms with Gasteiger partial charge in [0.1, 0.15) is 0 Å². The highest BCUT2D eigenvalue weighted by molar-refractivity contribution is 6.30. The number of nitrogens with two attached hydrogens (primary N) is 1. The minimum Gasteiger partial charge on any atom is -0.399 e. The van der Waals surface area contributed by atoms with Crippen LogP contribution >= 0.6 is 11.6 Å². The van der Waals surface area contributed by atoms with Gasteiger partial charge < -0.3 is 5.73 Å². The quantitative estimate of drug-likeness (QED) is 0.500. The first-order chi connectivity index (χ1) is 10.6. The Morgan fingerprint density at radius 3 is 2.27 bits per heavy atom. The Hall–Kier alpha value is -2.33. The SMILES string of the molecule is CCC/C(=N/NC(=O)c1ccc(N)cc1)c1ccc(Cl)cc1. The Kier molecular flexibility index (Phi) is 5.55. The number of benzene rings is 2. The van der Waals surface area contributed by atoms with Crippen LogP contribution in [0.3, 0.4) is 0 Å². The summed E-state index contributed by atoms with van der Waals surface area (Å²) in [5.41, 5.74) is 11.1. The molecule has 3 N–H and O–H groups in total. The lowest BCUT2D eigenvalue weighted by molar-refractivity contribution is 0.0955. The molecule has 0 aliphatic heterocycles. The van der Waals surface area contributed by atoms with E-state index < -0.39 is 0 Å². The maximum absolute atomic E-state index is 12.1. The molecule has 2 aromatic rings. The molecule has 0 saturated heterocycles. The van der Waals surface area contributed by atoms with E-state index >= 15 is 0 Å². The van der Waals surface area contributed by atoms with Crippen LogP contribution in [0.1, 0.15) is 35.7 Å². The number of nitrogens with zero attached hydrogens (tertiary/aromatic N) is 1. The molecular formula is C17H18ClN3O. The molecule has 1 amide bonds. The van der Waals surface area contributed by atoms with Crippen LogP contribution in [0.15, 0.2) is 53.6 Å². The van der Waals surface area contributed by atoms with E-state index in [-0.39, 0.29) is 5.91 Å². The van der Waals surface area contributed by atoms with Crippen molar-refractivity contribution in [3.05, 3.63) is 64.7 Å². The number of carbonyl (C=O) groups excluding carboxylic acids is 1. The minimum absolute atomic E-state index is 0.262. The molecule has 0 atom stereocenters. The standard InChI is InChI=1S/C17H18ClN3O/c1-2-3-16(12-4-8-14(18)9-5-12)20-21-17(22)13-6-10-15(19)11-7-13/h4-11H,2-3,19H2,1H3,(H,21,22)/b20-16-.